The number of aliphatic imine (C=N–C) groups is 2. The molecule has 0 amide bonds. The van der Waals surface area contributed by atoms with Gasteiger partial charge in [-0.2, -0.15) is 21.0 Å². The van der Waals surface area contributed by atoms with Crippen molar-refractivity contribution in [3.8, 4) is 70.8 Å². The lowest BCUT2D eigenvalue weighted by Crippen LogP contribution is -2.27. The molecule has 0 atom stereocenters. The second kappa shape index (κ2) is 10.6. The Morgan fingerprint density at radius 1 is 0.700 bits per heavy atom. The van der Waals surface area contributed by atoms with Crippen LogP contribution in [-0.2, 0) is 5.60 Å². The van der Waals surface area contributed by atoms with Crippen molar-refractivity contribution in [2.75, 3.05) is 14.2 Å². The third-order valence-electron chi connectivity index (χ3n) is 5.78. The van der Waals surface area contributed by atoms with E-state index in [1.165, 1.54) is 22.7 Å². The molecular weight excluding hydrogens is 585 g/mol. The zero-order valence-corrected chi connectivity index (χ0v) is 24.6. The molecule has 40 heavy (non-hydrogen) atoms. The third kappa shape index (κ3) is 4.73. The van der Waals surface area contributed by atoms with E-state index < -0.39 is 5.60 Å². The SMILES string of the molecule is COc1cc(N=C(C#N)C#N)sc1-c1cc2c(s1)-c1sc(-c3sc(N=C(C#N)C#N)cc3OC)cc1C(C)(C)O2. The normalized spacial score (nSPS) is 12.3. The van der Waals surface area contributed by atoms with Crippen molar-refractivity contribution in [3.05, 3.63) is 29.8 Å². The van der Waals surface area contributed by atoms with E-state index in [1.807, 2.05) is 19.9 Å². The van der Waals surface area contributed by atoms with E-state index in [0.29, 0.717) is 21.5 Å². The highest BCUT2D eigenvalue weighted by Crippen LogP contribution is 2.58. The molecule has 0 saturated carbocycles. The first kappa shape index (κ1) is 27.1. The number of hydrogen-bond acceptors (Lipinski definition) is 13. The maximum absolute atomic E-state index is 9.10. The number of thiophene rings is 4. The third-order valence-corrected chi connectivity index (χ3v) is 10.6. The molecule has 5 heterocycles. The van der Waals surface area contributed by atoms with Gasteiger partial charge in [-0.25, -0.2) is 9.98 Å². The van der Waals surface area contributed by atoms with Gasteiger partial charge in [0, 0.05) is 28.6 Å². The number of rotatable bonds is 6. The average Bonchev–Trinajstić information content (AvgIpc) is 3.73. The van der Waals surface area contributed by atoms with Crippen LogP contribution in [0.1, 0.15) is 19.4 Å². The van der Waals surface area contributed by atoms with Gasteiger partial charge in [0.25, 0.3) is 0 Å². The van der Waals surface area contributed by atoms with Crippen LogP contribution in [0.3, 0.4) is 0 Å². The molecule has 0 aromatic carbocycles. The fourth-order valence-corrected chi connectivity index (χ4v) is 8.78. The summed E-state index contributed by atoms with van der Waals surface area (Å²) in [6.07, 6.45) is 0. The Kier molecular flexibility index (Phi) is 7.16. The van der Waals surface area contributed by atoms with Crippen molar-refractivity contribution in [1.29, 1.82) is 21.0 Å². The highest BCUT2D eigenvalue weighted by Gasteiger charge is 2.37. The van der Waals surface area contributed by atoms with Crippen LogP contribution in [-0.4, -0.2) is 25.6 Å². The van der Waals surface area contributed by atoms with E-state index in [-0.39, 0.29) is 11.4 Å². The largest absolute Gasteiger partial charge is 0.495 e. The highest BCUT2D eigenvalue weighted by molar-refractivity contribution is 7.30. The van der Waals surface area contributed by atoms with Crippen LogP contribution in [0.2, 0.25) is 0 Å². The Morgan fingerprint density at radius 2 is 1.18 bits per heavy atom. The summed E-state index contributed by atoms with van der Waals surface area (Å²) in [5.41, 5.74) is -0.0319. The summed E-state index contributed by atoms with van der Waals surface area (Å²) in [6, 6.07) is 14.6. The number of fused-ring (bicyclic) bond motifs is 3. The second-order valence-corrected chi connectivity index (χ2v) is 12.8. The molecule has 0 fully saturated rings. The Bertz CT molecular complexity index is 1860. The van der Waals surface area contributed by atoms with Gasteiger partial charge in [-0.15, -0.1) is 45.3 Å². The van der Waals surface area contributed by atoms with Gasteiger partial charge in [-0.1, -0.05) is 0 Å². The number of ether oxygens (including phenoxy) is 3. The number of nitrogens with zero attached hydrogens (tertiary/aromatic N) is 6. The minimum atomic E-state index is -0.612. The van der Waals surface area contributed by atoms with Gasteiger partial charge in [0.1, 0.15) is 57.1 Å². The molecule has 0 spiro atoms. The monoisotopic (exact) mass is 600 g/mol. The lowest BCUT2D eigenvalue weighted by Gasteiger charge is -2.31. The molecule has 196 valence electrons. The molecular formula is C27H16N6O3S4. The van der Waals surface area contributed by atoms with Crippen molar-refractivity contribution in [1.82, 2.24) is 0 Å². The number of nitriles is 4. The van der Waals surface area contributed by atoms with Gasteiger partial charge in [-0.3, -0.25) is 0 Å². The quantitative estimate of drug-likeness (QED) is 0.205. The van der Waals surface area contributed by atoms with Gasteiger partial charge < -0.3 is 14.2 Å². The first-order chi connectivity index (χ1) is 19.2. The summed E-state index contributed by atoms with van der Waals surface area (Å²) in [4.78, 5) is 13.8. The van der Waals surface area contributed by atoms with Gasteiger partial charge in [-0.05, 0) is 19.9 Å². The maximum atomic E-state index is 9.10. The highest BCUT2D eigenvalue weighted by atomic mass is 32.1. The van der Waals surface area contributed by atoms with Gasteiger partial charge in [0.15, 0.2) is 0 Å². The maximum Gasteiger partial charge on any atom is 0.219 e. The van der Waals surface area contributed by atoms with Crippen LogP contribution >= 0.6 is 45.3 Å². The second-order valence-electron chi connectivity index (χ2n) is 8.60. The fourth-order valence-electron chi connectivity index (χ4n) is 4.02. The van der Waals surface area contributed by atoms with E-state index in [2.05, 4.69) is 16.1 Å². The molecule has 0 bridgehead atoms. The zero-order valence-electron chi connectivity index (χ0n) is 21.4. The minimum Gasteiger partial charge on any atom is -0.495 e. The summed E-state index contributed by atoms with van der Waals surface area (Å²) >= 11 is 5.84. The molecule has 1 aliphatic rings. The molecule has 5 rings (SSSR count). The van der Waals surface area contributed by atoms with Crippen molar-refractivity contribution >= 4 is 66.8 Å². The van der Waals surface area contributed by atoms with Crippen LogP contribution in [0.15, 0.2) is 34.3 Å². The Morgan fingerprint density at radius 3 is 1.65 bits per heavy atom. The standard InChI is InChI=1S/C27H16N6O3S4/c1-27(2)15-5-19(24-16(34-3)7-21(39-24)32-13(9-28)10-29)37-23(15)26-18(36-27)6-20(38-26)25-17(35-4)8-22(40-25)33-14(11-30)12-31/h5-8H,1-4H3. The number of methoxy groups -OCH3 is 2. The molecule has 13 heteroatoms. The first-order valence-corrected chi connectivity index (χ1v) is 14.6. The molecule has 9 nitrogen and oxygen atoms in total. The van der Waals surface area contributed by atoms with Crippen LogP contribution in [0.25, 0.3) is 29.3 Å². The van der Waals surface area contributed by atoms with E-state index in [0.717, 1.165) is 40.6 Å². The lowest BCUT2D eigenvalue weighted by atomic mass is 9.95. The molecule has 0 N–H and O–H groups in total. The lowest BCUT2D eigenvalue weighted by molar-refractivity contribution is 0.107. The van der Waals surface area contributed by atoms with E-state index in [4.69, 9.17) is 35.3 Å². The predicted molar refractivity (Wildman–Crippen MR) is 158 cm³/mol. The Labute approximate surface area is 245 Å². The molecule has 4 aromatic rings. The topological polar surface area (TPSA) is 148 Å². The summed E-state index contributed by atoms with van der Waals surface area (Å²) in [6.45, 7) is 4.03. The van der Waals surface area contributed by atoms with E-state index in [9.17, 15) is 0 Å². The van der Waals surface area contributed by atoms with E-state index >= 15 is 0 Å². The molecule has 0 aliphatic carbocycles. The zero-order chi connectivity index (χ0) is 28.6. The van der Waals surface area contributed by atoms with Crippen molar-refractivity contribution in [2.24, 2.45) is 9.98 Å². The Hall–Kier alpha value is -4.50. The molecule has 1 aliphatic heterocycles. The summed E-state index contributed by atoms with van der Waals surface area (Å²) in [5, 5.41) is 37.4. The van der Waals surface area contributed by atoms with Gasteiger partial charge in [0.05, 0.1) is 38.6 Å². The van der Waals surface area contributed by atoms with Crippen LogP contribution in [0, 0.1) is 45.3 Å². The smallest absolute Gasteiger partial charge is 0.219 e. The average molecular weight is 601 g/mol. The summed E-state index contributed by atoms with van der Waals surface area (Å²) in [5.74, 6) is 1.95. The van der Waals surface area contributed by atoms with Crippen molar-refractivity contribution in [3.63, 3.8) is 0 Å². The summed E-state index contributed by atoms with van der Waals surface area (Å²) in [7, 11) is 3.13. The van der Waals surface area contributed by atoms with Gasteiger partial charge >= 0.3 is 0 Å². The van der Waals surface area contributed by atoms with Crippen molar-refractivity contribution in [2.45, 2.75) is 19.4 Å². The van der Waals surface area contributed by atoms with Crippen LogP contribution < -0.4 is 14.2 Å². The molecule has 0 unspecified atom stereocenters. The fraction of sp³-hybridized carbons (Fsp3) is 0.185. The molecule has 0 radical (unpaired) electrons. The first-order valence-electron chi connectivity index (χ1n) is 11.4. The number of hydrogen-bond donors (Lipinski definition) is 0. The van der Waals surface area contributed by atoms with Crippen LogP contribution in [0.5, 0.6) is 17.2 Å². The van der Waals surface area contributed by atoms with Gasteiger partial charge in [0.2, 0.25) is 11.4 Å². The predicted octanol–water partition coefficient (Wildman–Crippen LogP) is 7.82. The molecule has 4 aromatic heterocycles. The van der Waals surface area contributed by atoms with Crippen molar-refractivity contribution < 1.29 is 14.2 Å². The molecule has 0 saturated heterocycles. The van der Waals surface area contributed by atoms with E-state index in [1.54, 1.807) is 73.3 Å². The van der Waals surface area contributed by atoms with Crippen LogP contribution in [0.4, 0.5) is 10.0 Å². The minimum absolute atomic E-state index is 0.222. The summed E-state index contributed by atoms with van der Waals surface area (Å²) < 4.78 is 17.7. The Balaban J connectivity index is 1.61.